The van der Waals surface area contributed by atoms with Gasteiger partial charge in [0.15, 0.2) is 0 Å². The Bertz CT molecular complexity index is 291. The summed E-state index contributed by atoms with van der Waals surface area (Å²) in [5.74, 6) is -0.455. The first-order valence-corrected chi connectivity index (χ1v) is 6.35. The number of hydrogen-bond acceptors (Lipinski definition) is 4. The topological polar surface area (TPSA) is 59.1 Å². The van der Waals surface area contributed by atoms with E-state index in [0.29, 0.717) is 17.6 Å². The number of esters is 1. The van der Waals surface area contributed by atoms with Crippen molar-refractivity contribution in [2.75, 3.05) is 13.2 Å². The van der Waals surface area contributed by atoms with Crippen LogP contribution in [0.25, 0.3) is 0 Å². The van der Waals surface area contributed by atoms with Crippen molar-refractivity contribution in [1.82, 2.24) is 0 Å². The van der Waals surface area contributed by atoms with E-state index in [1.165, 1.54) is 0 Å². The van der Waals surface area contributed by atoms with Crippen LogP contribution in [-0.4, -0.2) is 35.5 Å². The standard InChI is InChI=1S/C9H16O3.C5H10O.CH4/c1-5-9(4,11)6-12-8(10)7(2)3;1-3-5(2)4-6-5;/h11H,2,5-6H2,1,3-4H3;3-4H2,1-2H3;1H4. The largest absolute Gasteiger partial charge is 0.459 e. The van der Waals surface area contributed by atoms with Crippen LogP contribution in [0, 0.1) is 0 Å². The van der Waals surface area contributed by atoms with E-state index in [4.69, 9.17) is 9.47 Å². The predicted octanol–water partition coefficient (Wildman–Crippen LogP) is 3.09. The van der Waals surface area contributed by atoms with E-state index >= 15 is 0 Å². The molecule has 0 aromatic rings. The fourth-order valence-corrected chi connectivity index (χ4v) is 0.774. The molecule has 1 heterocycles. The maximum Gasteiger partial charge on any atom is 0.333 e. The van der Waals surface area contributed by atoms with Crippen molar-refractivity contribution in [3.63, 3.8) is 0 Å². The van der Waals surface area contributed by atoms with Crippen molar-refractivity contribution in [2.24, 2.45) is 0 Å². The summed E-state index contributed by atoms with van der Waals surface area (Å²) in [6.07, 6.45) is 1.71. The van der Waals surface area contributed by atoms with E-state index in [1.54, 1.807) is 13.8 Å². The van der Waals surface area contributed by atoms with Crippen molar-refractivity contribution in [2.45, 2.75) is 66.1 Å². The van der Waals surface area contributed by atoms with E-state index in [-0.39, 0.29) is 14.0 Å². The van der Waals surface area contributed by atoms with Crippen LogP contribution in [-0.2, 0) is 14.3 Å². The molecule has 0 aliphatic carbocycles. The number of hydrogen-bond donors (Lipinski definition) is 1. The van der Waals surface area contributed by atoms with Crippen molar-refractivity contribution < 1.29 is 19.4 Å². The summed E-state index contributed by atoms with van der Waals surface area (Å²) in [5.41, 5.74) is -0.285. The molecule has 19 heavy (non-hydrogen) atoms. The quantitative estimate of drug-likeness (QED) is 0.475. The zero-order valence-electron chi connectivity index (χ0n) is 12.2. The Morgan fingerprint density at radius 1 is 1.53 bits per heavy atom. The third-order valence-corrected chi connectivity index (χ3v) is 3.01. The molecule has 0 aromatic carbocycles. The van der Waals surface area contributed by atoms with Gasteiger partial charge in [0.2, 0.25) is 0 Å². The number of rotatable bonds is 5. The number of aliphatic hydroxyl groups is 1. The second-order valence-electron chi connectivity index (χ2n) is 5.30. The van der Waals surface area contributed by atoms with Crippen molar-refractivity contribution >= 4 is 5.97 Å². The second-order valence-corrected chi connectivity index (χ2v) is 5.30. The van der Waals surface area contributed by atoms with Crippen LogP contribution in [0.5, 0.6) is 0 Å². The first kappa shape index (κ1) is 20.4. The summed E-state index contributed by atoms with van der Waals surface area (Å²) < 4.78 is 9.82. The van der Waals surface area contributed by atoms with Crippen LogP contribution in [0.15, 0.2) is 12.2 Å². The second kappa shape index (κ2) is 8.33. The summed E-state index contributed by atoms with van der Waals surface area (Å²) in [7, 11) is 0. The number of epoxide rings is 1. The average Bonchev–Trinajstić information content (AvgIpc) is 3.06. The van der Waals surface area contributed by atoms with Gasteiger partial charge in [0.1, 0.15) is 6.61 Å². The molecule has 2 atom stereocenters. The molecule has 0 aromatic heterocycles. The van der Waals surface area contributed by atoms with Gasteiger partial charge in [-0.15, -0.1) is 0 Å². The highest BCUT2D eigenvalue weighted by atomic mass is 16.6. The Kier molecular flexibility index (Phi) is 8.97. The molecule has 1 aliphatic heterocycles. The van der Waals surface area contributed by atoms with Gasteiger partial charge in [-0.05, 0) is 33.6 Å². The lowest BCUT2D eigenvalue weighted by molar-refractivity contribution is -0.146. The van der Waals surface area contributed by atoms with Crippen molar-refractivity contribution in [1.29, 1.82) is 0 Å². The Morgan fingerprint density at radius 3 is 2.21 bits per heavy atom. The SMILES string of the molecule is C.C=C(C)C(=O)OCC(C)(O)CC.CCC1(C)CO1. The van der Waals surface area contributed by atoms with Crippen molar-refractivity contribution in [3.05, 3.63) is 12.2 Å². The molecular formula is C15H30O4. The maximum atomic E-state index is 10.9. The molecule has 4 nitrogen and oxygen atoms in total. The van der Waals surface area contributed by atoms with Gasteiger partial charge >= 0.3 is 5.97 Å². The summed E-state index contributed by atoms with van der Waals surface area (Å²) in [6, 6.07) is 0. The first-order chi connectivity index (χ1) is 8.16. The number of carbonyl (C=O) groups is 1. The molecule has 2 unspecified atom stereocenters. The van der Waals surface area contributed by atoms with Crippen LogP contribution in [0.1, 0.15) is 54.9 Å². The molecule has 0 saturated carbocycles. The molecule has 1 saturated heterocycles. The Hall–Kier alpha value is -0.870. The van der Waals surface area contributed by atoms with E-state index in [2.05, 4.69) is 20.4 Å². The van der Waals surface area contributed by atoms with E-state index in [1.807, 2.05) is 6.92 Å². The third-order valence-electron chi connectivity index (χ3n) is 3.01. The Labute approximate surface area is 117 Å². The van der Waals surface area contributed by atoms with Crippen LogP contribution in [0.2, 0.25) is 0 Å². The van der Waals surface area contributed by atoms with Crippen LogP contribution < -0.4 is 0 Å². The van der Waals surface area contributed by atoms with E-state index in [9.17, 15) is 9.90 Å². The number of ether oxygens (including phenoxy) is 2. The molecule has 0 bridgehead atoms. The minimum atomic E-state index is -0.925. The van der Waals surface area contributed by atoms with E-state index in [0.717, 1.165) is 13.0 Å². The predicted molar refractivity (Wildman–Crippen MR) is 78.1 cm³/mol. The summed E-state index contributed by atoms with van der Waals surface area (Å²) >= 11 is 0. The molecule has 1 aliphatic rings. The molecule has 1 fully saturated rings. The summed E-state index contributed by atoms with van der Waals surface area (Å²) in [4.78, 5) is 10.9. The van der Waals surface area contributed by atoms with Crippen LogP contribution >= 0.6 is 0 Å². The number of carbonyl (C=O) groups excluding carboxylic acids is 1. The van der Waals surface area contributed by atoms with Gasteiger partial charge in [-0.1, -0.05) is 27.9 Å². The lowest BCUT2D eigenvalue weighted by Gasteiger charge is -2.20. The third kappa shape index (κ3) is 9.68. The Balaban J connectivity index is 0. The van der Waals surface area contributed by atoms with Crippen LogP contribution in [0.4, 0.5) is 0 Å². The van der Waals surface area contributed by atoms with Gasteiger partial charge in [-0.25, -0.2) is 4.79 Å². The zero-order chi connectivity index (χ0) is 14.4. The normalized spacial score (nSPS) is 23.1. The van der Waals surface area contributed by atoms with Gasteiger partial charge < -0.3 is 14.6 Å². The minimum absolute atomic E-state index is 0. The maximum absolute atomic E-state index is 10.9. The van der Waals surface area contributed by atoms with E-state index < -0.39 is 11.6 Å². The fourth-order valence-electron chi connectivity index (χ4n) is 0.774. The summed E-state index contributed by atoms with van der Waals surface area (Å²) in [6.45, 7) is 13.7. The van der Waals surface area contributed by atoms with Gasteiger partial charge in [-0.3, -0.25) is 0 Å². The lowest BCUT2D eigenvalue weighted by atomic mass is 10.1. The molecule has 1 rings (SSSR count). The molecule has 4 heteroatoms. The molecule has 0 spiro atoms. The lowest BCUT2D eigenvalue weighted by Crippen LogP contribution is -2.31. The highest BCUT2D eigenvalue weighted by Crippen LogP contribution is 2.28. The summed E-state index contributed by atoms with van der Waals surface area (Å²) in [5, 5.41) is 9.45. The minimum Gasteiger partial charge on any atom is -0.459 e. The molecule has 1 N–H and O–H groups in total. The molecule has 114 valence electrons. The average molecular weight is 274 g/mol. The first-order valence-electron chi connectivity index (χ1n) is 6.35. The fraction of sp³-hybridized carbons (Fsp3) is 0.800. The highest BCUT2D eigenvalue weighted by molar-refractivity contribution is 5.86. The highest BCUT2D eigenvalue weighted by Gasteiger charge is 2.36. The monoisotopic (exact) mass is 274 g/mol. The van der Waals surface area contributed by atoms with Gasteiger partial charge in [0.05, 0.1) is 17.8 Å². The molecule has 0 radical (unpaired) electrons. The van der Waals surface area contributed by atoms with Gasteiger partial charge in [0, 0.05) is 5.57 Å². The smallest absolute Gasteiger partial charge is 0.333 e. The zero-order valence-corrected chi connectivity index (χ0v) is 12.2. The van der Waals surface area contributed by atoms with Crippen LogP contribution in [0.3, 0.4) is 0 Å². The van der Waals surface area contributed by atoms with Gasteiger partial charge in [-0.2, -0.15) is 0 Å². The van der Waals surface area contributed by atoms with Crippen molar-refractivity contribution in [3.8, 4) is 0 Å². The molecule has 0 amide bonds. The van der Waals surface area contributed by atoms with Gasteiger partial charge in [0.25, 0.3) is 0 Å². The Morgan fingerprint density at radius 2 is 2.00 bits per heavy atom. The molecular weight excluding hydrogens is 244 g/mol.